The molecule has 0 aliphatic carbocycles. The zero-order valence-electron chi connectivity index (χ0n) is 15.0. The molecule has 0 unspecified atom stereocenters. The number of carbonyl (C=O) groups excluding carboxylic acids is 2. The standard InChI is InChI=1S/C22H16BrN3O2/c1-2-26-11-16(13-5-3-4-6-18(13)26)20-19(21(27)25-22(20)28)15-10-24-17-8-7-12(23)9-14(15)17/h3-11,24H,2H2,1H3,(H,25,27,28). The minimum atomic E-state index is -0.366. The Hall–Kier alpha value is -3.12. The van der Waals surface area contributed by atoms with Crippen molar-refractivity contribution in [3.63, 3.8) is 0 Å². The molecule has 0 radical (unpaired) electrons. The number of nitrogens with zero attached hydrogens (tertiary/aromatic N) is 1. The van der Waals surface area contributed by atoms with Gasteiger partial charge in [0.05, 0.1) is 11.1 Å². The van der Waals surface area contributed by atoms with Crippen molar-refractivity contribution in [2.75, 3.05) is 0 Å². The molecule has 4 aromatic rings. The van der Waals surface area contributed by atoms with Gasteiger partial charge in [0.1, 0.15) is 0 Å². The summed E-state index contributed by atoms with van der Waals surface area (Å²) in [5.74, 6) is -0.724. The van der Waals surface area contributed by atoms with Crippen LogP contribution in [0.15, 0.2) is 59.3 Å². The second kappa shape index (κ2) is 6.21. The summed E-state index contributed by atoms with van der Waals surface area (Å²) in [5.41, 5.74) is 4.29. The van der Waals surface area contributed by atoms with Crippen molar-refractivity contribution in [1.82, 2.24) is 14.9 Å². The van der Waals surface area contributed by atoms with Crippen LogP contribution in [0.4, 0.5) is 0 Å². The fourth-order valence-electron chi connectivity index (χ4n) is 3.98. The summed E-state index contributed by atoms with van der Waals surface area (Å²) in [5, 5.41) is 4.34. The van der Waals surface area contributed by atoms with Crippen molar-refractivity contribution in [2.24, 2.45) is 0 Å². The molecule has 1 aliphatic rings. The number of benzene rings is 2. The molecule has 5 nitrogen and oxygen atoms in total. The molecule has 0 fully saturated rings. The Morgan fingerprint density at radius 1 is 0.964 bits per heavy atom. The number of fused-ring (bicyclic) bond motifs is 2. The van der Waals surface area contributed by atoms with Crippen LogP contribution in [0.3, 0.4) is 0 Å². The van der Waals surface area contributed by atoms with Gasteiger partial charge in [-0.1, -0.05) is 34.1 Å². The lowest BCUT2D eigenvalue weighted by molar-refractivity contribution is -0.122. The van der Waals surface area contributed by atoms with E-state index >= 15 is 0 Å². The Balaban J connectivity index is 1.85. The van der Waals surface area contributed by atoms with Gasteiger partial charge in [0.25, 0.3) is 11.8 Å². The molecule has 0 atom stereocenters. The summed E-state index contributed by atoms with van der Waals surface area (Å²) in [4.78, 5) is 28.8. The zero-order chi connectivity index (χ0) is 19.4. The molecule has 138 valence electrons. The number of hydrogen-bond donors (Lipinski definition) is 2. The van der Waals surface area contributed by atoms with Crippen LogP contribution >= 0.6 is 15.9 Å². The predicted octanol–water partition coefficient (Wildman–Crippen LogP) is 4.47. The topological polar surface area (TPSA) is 66.9 Å². The highest BCUT2D eigenvalue weighted by Crippen LogP contribution is 2.38. The van der Waals surface area contributed by atoms with E-state index in [9.17, 15) is 9.59 Å². The van der Waals surface area contributed by atoms with Crippen molar-refractivity contribution < 1.29 is 9.59 Å². The number of aromatic nitrogens is 2. The van der Waals surface area contributed by atoms with Gasteiger partial charge in [0.15, 0.2) is 0 Å². The van der Waals surface area contributed by atoms with Crippen molar-refractivity contribution >= 4 is 60.7 Å². The molecular weight excluding hydrogens is 418 g/mol. The van der Waals surface area contributed by atoms with Crippen LogP contribution in [0.25, 0.3) is 33.0 Å². The van der Waals surface area contributed by atoms with Crippen LogP contribution in [0, 0.1) is 0 Å². The molecule has 2 N–H and O–H groups in total. The Morgan fingerprint density at radius 3 is 2.50 bits per heavy atom. The van der Waals surface area contributed by atoms with Crippen LogP contribution in [-0.4, -0.2) is 21.4 Å². The van der Waals surface area contributed by atoms with E-state index in [2.05, 4.69) is 37.7 Å². The van der Waals surface area contributed by atoms with Gasteiger partial charge in [-0.25, -0.2) is 0 Å². The summed E-state index contributed by atoms with van der Waals surface area (Å²) in [6, 6.07) is 13.8. The van der Waals surface area contributed by atoms with Gasteiger partial charge in [-0.05, 0) is 31.2 Å². The van der Waals surface area contributed by atoms with E-state index in [4.69, 9.17) is 0 Å². The molecular formula is C22H16BrN3O2. The lowest BCUT2D eigenvalue weighted by Crippen LogP contribution is -2.22. The third kappa shape index (κ3) is 2.38. The third-order valence-corrected chi connectivity index (χ3v) is 5.74. The van der Waals surface area contributed by atoms with Gasteiger partial charge in [-0.3, -0.25) is 14.9 Å². The fraction of sp³-hybridized carbons (Fsp3) is 0.0909. The number of H-pyrrole nitrogens is 1. The van der Waals surface area contributed by atoms with Gasteiger partial charge >= 0.3 is 0 Å². The quantitative estimate of drug-likeness (QED) is 0.468. The van der Waals surface area contributed by atoms with E-state index in [-0.39, 0.29) is 11.8 Å². The van der Waals surface area contributed by atoms with Gasteiger partial charge in [0, 0.05) is 56.3 Å². The second-order valence-corrected chi connectivity index (χ2v) is 7.69. The number of hydrogen-bond acceptors (Lipinski definition) is 2. The summed E-state index contributed by atoms with van der Waals surface area (Å²) < 4.78 is 3.01. The minimum Gasteiger partial charge on any atom is -0.361 e. The molecule has 2 aromatic heterocycles. The summed E-state index contributed by atoms with van der Waals surface area (Å²) in [7, 11) is 0. The highest BCUT2D eigenvalue weighted by atomic mass is 79.9. The zero-order valence-corrected chi connectivity index (χ0v) is 16.6. The molecule has 5 rings (SSSR count). The number of carbonyl (C=O) groups is 2. The van der Waals surface area contributed by atoms with Crippen LogP contribution in [0.1, 0.15) is 18.1 Å². The van der Waals surface area contributed by atoms with E-state index < -0.39 is 0 Å². The maximum Gasteiger partial charge on any atom is 0.259 e. The van der Waals surface area contributed by atoms with E-state index in [0.29, 0.717) is 11.1 Å². The molecule has 3 heterocycles. The summed E-state index contributed by atoms with van der Waals surface area (Å²) >= 11 is 3.49. The SMILES string of the molecule is CCn1cc(C2=C(c3c[nH]c4ccc(Br)cc34)C(=O)NC2=O)c2ccccc21. The first-order chi connectivity index (χ1) is 13.6. The summed E-state index contributed by atoms with van der Waals surface area (Å²) in [6.45, 7) is 2.83. The number of imide groups is 1. The molecule has 28 heavy (non-hydrogen) atoms. The third-order valence-electron chi connectivity index (χ3n) is 5.24. The predicted molar refractivity (Wildman–Crippen MR) is 114 cm³/mol. The normalized spacial score (nSPS) is 14.5. The van der Waals surface area contributed by atoms with Crippen LogP contribution in [0.2, 0.25) is 0 Å². The highest BCUT2D eigenvalue weighted by Gasteiger charge is 2.34. The molecule has 2 amide bonds. The van der Waals surface area contributed by atoms with E-state index in [0.717, 1.165) is 44.0 Å². The Morgan fingerprint density at radius 2 is 1.71 bits per heavy atom. The lowest BCUT2D eigenvalue weighted by Gasteiger charge is -2.03. The fourth-order valence-corrected chi connectivity index (χ4v) is 4.34. The molecule has 2 aromatic carbocycles. The first kappa shape index (κ1) is 17.0. The Labute approximate surface area is 169 Å². The van der Waals surface area contributed by atoms with Gasteiger partial charge in [-0.15, -0.1) is 0 Å². The first-order valence-corrected chi connectivity index (χ1v) is 9.83. The van der Waals surface area contributed by atoms with Crippen LogP contribution in [-0.2, 0) is 16.1 Å². The van der Waals surface area contributed by atoms with Crippen LogP contribution in [0.5, 0.6) is 0 Å². The average molecular weight is 434 g/mol. The monoisotopic (exact) mass is 433 g/mol. The smallest absolute Gasteiger partial charge is 0.259 e. The Bertz CT molecular complexity index is 1330. The van der Waals surface area contributed by atoms with Gasteiger partial charge in [-0.2, -0.15) is 0 Å². The number of rotatable bonds is 3. The molecule has 0 bridgehead atoms. The summed E-state index contributed by atoms with van der Waals surface area (Å²) in [6.07, 6.45) is 3.76. The maximum absolute atomic E-state index is 12.8. The molecule has 0 spiro atoms. The van der Waals surface area contributed by atoms with Gasteiger partial charge in [0.2, 0.25) is 0 Å². The minimum absolute atomic E-state index is 0.358. The molecule has 1 aliphatic heterocycles. The van der Waals surface area contributed by atoms with Gasteiger partial charge < -0.3 is 9.55 Å². The first-order valence-electron chi connectivity index (χ1n) is 9.03. The van der Waals surface area contributed by atoms with Crippen molar-refractivity contribution in [1.29, 1.82) is 0 Å². The molecule has 6 heteroatoms. The van der Waals surface area contributed by atoms with Crippen LogP contribution < -0.4 is 5.32 Å². The number of aryl methyl sites for hydroxylation is 1. The number of amides is 2. The number of nitrogens with one attached hydrogen (secondary N) is 2. The lowest BCUT2D eigenvalue weighted by atomic mass is 9.95. The van der Waals surface area contributed by atoms with E-state index in [1.165, 1.54) is 0 Å². The maximum atomic E-state index is 12.8. The number of para-hydroxylation sites is 1. The average Bonchev–Trinajstić information content (AvgIpc) is 3.34. The molecule has 0 saturated heterocycles. The highest BCUT2D eigenvalue weighted by molar-refractivity contribution is 9.10. The van der Waals surface area contributed by atoms with E-state index in [1.54, 1.807) is 6.20 Å². The van der Waals surface area contributed by atoms with Crippen molar-refractivity contribution in [3.8, 4) is 0 Å². The number of aromatic amines is 1. The van der Waals surface area contributed by atoms with Crippen molar-refractivity contribution in [2.45, 2.75) is 13.5 Å². The largest absolute Gasteiger partial charge is 0.361 e. The Kier molecular flexibility index (Phi) is 3.77. The second-order valence-electron chi connectivity index (χ2n) is 6.77. The molecule has 0 saturated carbocycles. The van der Waals surface area contributed by atoms with Crippen molar-refractivity contribution in [3.05, 3.63) is 70.5 Å². The van der Waals surface area contributed by atoms with E-state index in [1.807, 2.05) is 48.7 Å². The number of halogens is 1.